The number of hydrogen-bond acceptors (Lipinski definition) is 3. The molecule has 6 heteroatoms. The van der Waals surface area contributed by atoms with Crippen molar-refractivity contribution in [2.45, 2.75) is 6.42 Å². The summed E-state index contributed by atoms with van der Waals surface area (Å²) in [5.41, 5.74) is 0.678. The minimum atomic E-state index is -0.451. The Morgan fingerprint density at radius 2 is 2.29 bits per heavy atom. The number of halogens is 2. The van der Waals surface area contributed by atoms with Gasteiger partial charge < -0.3 is 0 Å². The monoisotopic (exact) mass is 366 g/mol. The summed E-state index contributed by atoms with van der Waals surface area (Å²) in [6, 6.07) is 5.10. The summed E-state index contributed by atoms with van der Waals surface area (Å²) in [7, 11) is 0. The third-order valence-electron chi connectivity index (χ3n) is 1.55. The lowest BCUT2D eigenvalue weighted by Crippen LogP contribution is -1.94. The van der Waals surface area contributed by atoms with Crippen LogP contribution in [0.2, 0.25) is 0 Å². The summed E-state index contributed by atoms with van der Waals surface area (Å²) in [4.78, 5) is 10.2. The molecule has 72 valence electrons. The molecule has 0 N–H and O–H groups in total. The van der Waals surface area contributed by atoms with E-state index in [-0.39, 0.29) is 12.1 Å². The number of hydrogen-bond donors (Lipinski definition) is 0. The molecule has 0 unspecified atom stereocenters. The first-order valence-corrected chi connectivity index (χ1v) is 5.42. The molecule has 0 aromatic heterocycles. The van der Waals surface area contributed by atoms with Crippen LogP contribution in [0.3, 0.4) is 0 Å². The van der Waals surface area contributed by atoms with Crippen LogP contribution in [0, 0.1) is 25.0 Å². The molecule has 1 rings (SSSR count). The van der Waals surface area contributed by atoms with Crippen molar-refractivity contribution >= 4 is 44.2 Å². The highest BCUT2D eigenvalue weighted by molar-refractivity contribution is 14.1. The van der Waals surface area contributed by atoms with Crippen LogP contribution in [0.5, 0.6) is 0 Å². The smallest absolute Gasteiger partial charge is 0.258 e. The fourth-order valence-corrected chi connectivity index (χ4v) is 1.96. The van der Waals surface area contributed by atoms with E-state index in [1.54, 1.807) is 6.07 Å². The summed E-state index contributed by atoms with van der Waals surface area (Å²) in [6.07, 6.45) is 0.177. The average Bonchev–Trinajstić information content (AvgIpc) is 2.11. The van der Waals surface area contributed by atoms with Gasteiger partial charge in [0.15, 0.2) is 0 Å². The summed E-state index contributed by atoms with van der Waals surface area (Å²) < 4.78 is 1.20. The molecular weight excluding hydrogens is 363 g/mol. The molecule has 0 saturated heterocycles. The van der Waals surface area contributed by atoms with Gasteiger partial charge in [-0.05, 0) is 50.2 Å². The number of nitrogens with zero attached hydrogens (tertiary/aromatic N) is 2. The van der Waals surface area contributed by atoms with Crippen LogP contribution in [-0.4, -0.2) is 4.92 Å². The molecule has 0 aliphatic carbocycles. The van der Waals surface area contributed by atoms with Crippen LogP contribution in [-0.2, 0) is 6.42 Å². The second-order valence-electron chi connectivity index (χ2n) is 2.50. The Morgan fingerprint density at radius 3 is 2.79 bits per heavy atom. The standard InChI is InChI=1S/C8H4BrIN2O2/c9-6-3-5(1-2-11)4-7(8(6)10)12(13)14/h3-4H,1H2. The van der Waals surface area contributed by atoms with E-state index in [0.29, 0.717) is 13.6 Å². The summed E-state index contributed by atoms with van der Waals surface area (Å²) in [6.45, 7) is 0. The van der Waals surface area contributed by atoms with Gasteiger partial charge in [0.05, 0.1) is 17.4 Å². The lowest BCUT2D eigenvalue weighted by Gasteiger charge is -2.01. The van der Waals surface area contributed by atoms with Gasteiger partial charge in [-0.25, -0.2) is 0 Å². The van der Waals surface area contributed by atoms with E-state index < -0.39 is 4.92 Å². The largest absolute Gasteiger partial charge is 0.284 e. The van der Waals surface area contributed by atoms with Gasteiger partial charge in [-0.3, -0.25) is 10.1 Å². The number of benzene rings is 1. The van der Waals surface area contributed by atoms with Gasteiger partial charge in [0, 0.05) is 10.5 Å². The number of nitro benzene ring substituents is 1. The van der Waals surface area contributed by atoms with Gasteiger partial charge in [-0.2, -0.15) is 5.26 Å². The zero-order valence-electron chi connectivity index (χ0n) is 6.83. The molecule has 4 nitrogen and oxygen atoms in total. The molecule has 0 aliphatic heterocycles. The molecule has 0 amide bonds. The normalized spacial score (nSPS) is 9.50. The fourth-order valence-electron chi connectivity index (χ4n) is 0.955. The maximum Gasteiger partial charge on any atom is 0.284 e. The fraction of sp³-hybridized carbons (Fsp3) is 0.125. The number of nitro groups is 1. The maximum absolute atomic E-state index is 10.6. The molecular formula is C8H4BrIN2O2. The Labute approximate surface area is 102 Å². The van der Waals surface area contributed by atoms with Crippen molar-refractivity contribution in [1.82, 2.24) is 0 Å². The quantitative estimate of drug-likeness (QED) is 0.459. The van der Waals surface area contributed by atoms with Crippen molar-refractivity contribution in [2.75, 3.05) is 0 Å². The van der Waals surface area contributed by atoms with Crippen molar-refractivity contribution in [3.63, 3.8) is 0 Å². The zero-order valence-corrected chi connectivity index (χ0v) is 10.6. The van der Waals surface area contributed by atoms with E-state index in [2.05, 4.69) is 15.9 Å². The average molecular weight is 367 g/mol. The molecule has 0 bridgehead atoms. The van der Waals surface area contributed by atoms with Crippen molar-refractivity contribution in [2.24, 2.45) is 0 Å². The molecule has 0 aliphatic rings. The second-order valence-corrected chi connectivity index (χ2v) is 4.44. The molecule has 0 saturated carbocycles. The van der Waals surface area contributed by atoms with Crippen LogP contribution in [0.4, 0.5) is 5.69 Å². The van der Waals surface area contributed by atoms with Crippen LogP contribution < -0.4 is 0 Å². The molecule has 0 fully saturated rings. The Balaban J connectivity index is 3.29. The zero-order chi connectivity index (χ0) is 10.7. The van der Waals surface area contributed by atoms with E-state index in [4.69, 9.17) is 5.26 Å². The van der Waals surface area contributed by atoms with Crippen LogP contribution >= 0.6 is 38.5 Å². The second kappa shape index (κ2) is 4.70. The minimum absolute atomic E-state index is 0.0326. The summed E-state index contributed by atoms with van der Waals surface area (Å²) in [5, 5.41) is 19.1. The Morgan fingerprint density at radius 1 is 1.64 bits per heavy atom. The Hall–Kier alpha value is -0.680. The first-order valence-electron chi connectivity index (χ1n) is 3.55. The predicted octanol–water partition coefficient (Wildman–Crippen LogP) is 3.03. The SMILES string of the molecule is N#CCc1cc(Br)c(I)c([N+](=O)[O-])c1. The molecule has 0 atom stereocenters. The third kappa shape index (κ3) is 2.42. The minimum Gasteiger partial charge on any atom is -0.258 e. The number of nitriles is 1. The van der Waals surface area contributed by atoms with E-state index in [0.717, 1.165) is 0 Å². The Kier molecular flexibility index (Phi) is 3.83. The van der Waals surface area contributed by atoms with E-state index in [9.17, 15) is 10.1 Å². The molecule has 1 aromatic carbocycles. The van der Waals surface area contributed by atoms with Gasteiger partial charge >= 0.3 is 0 Å². The molecule has 1 aromatic rings. The van der Waals surface area contributed by atoms with Crippen LogP contribution in [0.25, 0.3) is 0 Å². The predicted molar refractivity (Wildman–Crippen MR) is 62.8 cm³/mol. The van der Waals surface area contributed by atoms with Gasteiger partial charge in [0.25, 0.3) is 5.69 Å². The highest BCUT2D eigenvalue weighted by Crippen LogP contribution is 2.30. The Bertz CT molecular complexity index is 428. The van der Waals surface area contributed by atoms with Crippen molar-refractivity contribution in [3.8, 4) is 6.07 Å². The van der Waals surface area contributed by atoms with Gasteiger partial charge in [-0.15, -0.1) is 0 Å². The molecule has 0 radical (unpaired) electrons. The third-order valence-corrected chi connectivity index (χ3v) is 4.05. The maximum atomic E-state index is 10.6. The lowest BCUT2D eigenvalue weighted by molar-refractivity contribution is -0.385. The summed E-state index contributed by atoms with van der Waals surface area (Å²) in [5.74, 6) is 0. The number of rotatable bonds is 2. The summed E-state index contributed by atoms with van der Waals surface area (Å²) >= 11 is 5.11. The van der Waals surface area contributed by atoms with Crippen LogP contribution in [0.15, 0.2) is 16.6 Å². The topological polar surface area (TPSA) is 66.9 Å². The lowest BCUT2D eigenvalue weighted by atomic mass is 10.1. The molecule has 14 heavy (non-hydrogen) atoms. The molecule has 0 heterocycles. The van der Waals surface area contributed by atoms with Gasteiger partial charge in [0.1, 0.15) is 3.57 Å². The van der Waals surface area contributed by atoms with E-state index in [1.807, 2.05) is 28.7 Å². The van der Waals surface area contributed by atoms with Crippen molar-refractivity contribution < 1.29 is 4.92 Å². The highest BCUT2D eigenvalue weighted by atomic mass is 127. The van der Waals surface area contributed by atoms with Gasteiger partial charge in [0.2, 0.25) is 0 Å². The van der Waals surface area contributed by atoms with Crippen molar-refractivity contribution in [1.29, 1.82) is 5.26 Å². The van der Waals surface area contributed by atoms with E-state index >= 15 is 0 Å². The first-order chi connectivity index (χ1) is 6.56. The van der Waals surface area contributed by atoms with Crippen LogP contribution in [0.1, 0.15) is 5.56 Å². The highest BCUT2D eigenvalue weighted by Gasteiger charge is 2.15. The van der Waals surface area contributed by atoms with Gasteiger partial charge in [-0.1, -0.05) is 0 Å². The first kappa shape index (κ1) is 11.4. The molecule has 0 spiro atoms. The van der Waals surface area contributed by atoms with E-state index in [1.165, 1.54) is 6.07 Å². The van der Waals surface area contributed by atoms with Crippen molar-refractivity contribution in [3.05, 3.63) is 35.9 Å².